The molecule has 272 valence electrons. The zero-order valence-electron chi connectivity index (χ0n) is 31.1. The van der Waals surface area contributed by atoms with Crippen LogP contribution in [0.1, 0.15) is 22.9 Å². The van der Waals surface area contributed by atoms with Gasteiger partial charge in [0.2, 0.25) is 0 Å². The summed E-state index contributed by atoms with van der Waals surface area (Å²) in [6.07, 6.45) is -0.368. The molecule has 5 nitrogen and oxygen atoms in total. The van der Waals surface area contributed by atoms with Gasteiger partial charge in [-0.1, -0.05) is 158 Å². The van der Waals surface area contributed by atoms with E-state index in [1.165, 1.54) is 36.3 Å². The highest BCUT2D eigenvalue weighted by atomic mass is 32.1. The largest absolute Gasteiger partial charge is 0.455 e. The van der Waals surface area contributed by atoms with E-state index in [1.54, 1.807) is 0 Å². The second-order valence-corrected chi connectivity index (χ2v) is 15.8. The second-order valence-electron chi connectivity index (χ2n) is 14.8. The molecular formula is C52H32N4OS. The van der Waals surface area contributed by atoms with Gasteiger partial charge in [0.05, 0.1) is 15.9 Å². The van der Waals surface area contributed by atoms with Crippen molar-refractivity contribution in [2.45, 2.75) is 6.17 Å². The van der Waals surface area contributed by atoms with Gasteiger partial charge in [-0.25, -0.2) is 15.0 Å². The van der Waals surface area contributed by atoms with Crippen molar-refractivity contribution < 1.29 is 4.42 Å². The van der Waals surface area contributed by atoms with E-state index in [9.17, 15) is 0 Å². The molecule has 0 saturated carbocycles. The number of para-hydroxylation sites is 2. The van der Waals surface area contributed by atoms with Gasteiger partial charge < -0.3 is 9.73 Å². The lowest BCUT2D eigenvalue weighted by atomic mass is 9.98. The summed E-state index contributed by atoms with van der Waals surface area (Å²) in [4.78, 5) is 15.7. The normalized spacial score (nSPS) is 14.4. The number of furan rings is 1. The van der Waals surface area contributed by atoms with Crippen molar-refractivity contribution in [2.75, 3.05) is 0 Å². The van der Waals surface area contributed by atoms with Gasteiger partial charge in [0.15, 0.2) is 5.84 Å². The highest BCUT2D eigenvalue weighted by molar-refractivity contribution is 7.26. The number of hydrogen-bond acceptors (Lipinski definition) is 6. The van der Waals surface area contributed by atoms with Crippen molar-refractivity contribution in [2.24, 2.45) is 9.98 Å². The monoisotopic (exact) mass is 760 g/mol. The first-order valence-electron chi connectivity index (χ1n) is 19.5. The number of amidine groups is 2. The minimum absolute atomic E-state index is 0.368. The lowest BCUT2D eigenvalue weighted by molar-refractivity contribution is 0.669. The highest BCUT2D eigenvalue weighted by Gasteiger charge is 2.23. The van der Waals surface area contributed by atoms with Gasteiger partial charge in [-0.2, -0.15) is 0 Å². The van der Waals surface area contributed by atoms with Gasteiger partial charge in [0.1, 0.15) is 23.2 Å². The van der Waals surface area contributed by atoms with Crippen LogP contribution in [0.5, 0.6) is 0 Å². The summed E-state index contributed by atoms with van der Waals surface area (Å²) in [7, 11) is 0. The average molecular weight is 761 g/mol. The fourth-order valence-corrected chi connectivity index (χ4v) is 9.78. The number of nitrogens with one attached hydrogen (secondary N) is 1. The van der Waals surface area contributed by atoms with Crippen molar-refractivity contribution in [3.63, 3.8) is 0 Å². The third kappa shape index (κ3) is 5.26. The molecule has 0 fully saturated rings. The summed E-state index contributed by atoms with van der Waals surface area (Å²) >= 11 is 1.82. The number of rotatable bonds is 5. The minimum Gasteiger partial charge on any atom is -0.455 e. The standard InChI is InChI=1S/C52H32N4OS/c1-2-13-33(14-3-1)50-54-51(56-52(55-50)36-16-10-15-35(30-36)38-20-11-21-40-39-18-6-8-22-43(39)57-48(38)40)34-26-24-32(25-27-34)47-49-46(41-19-7-9-23-44(41)58-49)45-37-17-5-4-12-31(37)28-29-42(45)53-47/h1-30,52H,(H,54,55,56). The second kappa shape index (κ2) is 13.1. The molecule has 0 spiro atoms. The lowest BCUT2D eigenvalue weighted by Gasteiger charge is -2.24. The Morgan fingerprint density at radius 3 is 2.16 bits per heavy atom. The Kier molecular flexibility index (Phi) is 7.40. The topological polar surface area (TPSA) is 62.8 Å². The maximum absolute atomic E-state index is 6.43. The molecule has 1 aliphatic heterocycles. The van der Waals surface area contributed by atoms with E-state index in [2.05, 4.69) is 157 Å². The Bertz CT molecular complexity index is 3490. The third-order valence-corrected chi connectivity index (χ3v) is 12.5. The summed E-state index contributed by atoms with van der Waals surface area (Å²) in [6.45, 7) is 0. The quantitative estimate of drug-likeness (QED) is 0.178. The maximum atomic E-state index is 6.43. The number of thiophene rings is 1. The SMILES string of the molecule is c1ccc(C2=NC(c3cccc(-c4cccc5c4oc4ccccc45)c3)NC(c3ccc(-c4nc5ccc6ccccc6c5c5c4sc4ccccc45)cc3)=N2)cc1. The molecule has 4 heterocycles. The number of pyridine rings is 1. The number of benzene rings is 8. The minimum atomic E-state index is -0.368. The van der Waals surface area contributed by atoms with E-state index in [0.717, 1.165) is 72.4 Å². The van der Waals surface area contributed by atoms with E-state index in [0.29, 0.717) is 5.84 Å². The van der Waals surface area contributed by atoms with Gasteiger partial charge in [-0.05, 0) is 46.2 Å². The van der Waals surface area contributed by atoms with Crippen LogP contribution in [-0.2, 0) is 0 Å². The van der Waals surface area contributed by atoms with Crippen molar-refractivity contribution in [1.29, 1.82) is 0 Å². The predicted octanol–water partition coefficient (Wildman–Crippen LogP) is 13.5. The van der Waals surface area contributed by atoms with E-state index < -0.39 is 0 Å². The van der Waals surface area contributed by atoms with Crippen molar-refractivity contribution >= 4 is 86.8 Å². The Morgan fingerprint density at radius 1 is 0.534 bits per heavy atom. The molecular weight excluding hydrogens is 729 g/mol. The van der Waals surface area contributed by atoms with Crippen LogP contribution in [0.4, 0.5) is 0 Å². The van der Waals surface area contributed by atoms with Gasteiger partial charge in [-0.3, -0.25) is 0 Å². The highest BCUT2D eigenvalue weighted by Crippen LogP contribution is 2.45. The number of aliphatic imine (C=N–C) groups is 2. The first-order chi connectivity index (χ1) is 28.7. The molecule has 11 aromatic rings. The third-order valence-electron chi connectivity index (χ3n) is 11.3. The summed E-state index contributed by atoms with van der Waals surface area (Å²) in [5.41, 5.74) is 9.90. The molecule has 3 aromatic heterocycles. The molecule has 6 heteroatoms. The molecule has 1 atom stereocenters. The number of nitrogens with zero attached hydrogens (tertiary/aromatic N) is 3. The van der Waals surface area contributed by atoms with E-state index >= 15 is 0 Å². The van der Waals surface area contributed by atoms with Gasteiger partial charge in [-0.15, -0.1) is 11.3 Å². The smallest absolute Gasteiger partial charge is 0.159 e. The van der Waals surface area contributed by atoms with Crippen LogP contribution in [0.3, 0.4) is 0 Å². The lowest BCUT2D eigenvalue weighted by Crippen LogP contribution is -2.33. The number of fused-ring (bicyclic) bond motifs is 10. The van der Waals surface area contributed by atoms with Crippen molar-refractivity contribution in [3.8, 4) is 22.4 Å². The zero-order chi connectivity index (χ0) is 38.2. The van der Waals surface area contributed by atoms with E-state index in [4.69, 9.17) is 19.4 Å². The Labute approximate surface area is 337 Å². The van der Waals surface area contributed by atoms with Crippen LogP contribution in [0.2, 0.25) is 0 Å². The summed E-state index contributed by atoms with van der Waals surface area (Å²) in [5, 5.41) is 12.1. The van der Waals surface area contributed by atoms with Crippen LogP contribution in [0.15, 0.2) is 196 Å². The fourth-order valence-electron chi connectivity index (χ4n) is 8.56. The molecule has 58 heavy (non-hydrogen) atoms. The fraction of sp³-hybridized carbons (Fsp3) is 0.0192. The van der Waals surface area contributed by atoms with Gasteiger partial charge >= 0.3 is 0 Å². The Morgan fingerprint density at radius 2 is 1.26 bits per heavy atom. The van der Waals surface area contributed by atoms with Crippen LogP contribution in [-0.4, -0.2) is 16.7 Å². The van der Waals surface area contributed by atoms with E-state index in [-0.39, 0.29) is 6.17 Å². The van der Waals surface area contributed by atoms with Crippen LogP contribution in [0, 0.1) is 0 Å². The van der Waals surface area contributed by atoms with Crippen LogP contribution in [0.25, 0.3) is 86.2 Å². The molecule has 0 saturated heterocycles. The maximum Gasteiger partial charge on any atom is 0.159 e. The zero-order valence-corrected chi connectivity index (χ0v) is 31.9. The summed E-state index contributed by atoms with van der Waals surface area (Å²) in [6, 6.07) is 63.7. The molecule has 0 bridgehead atoms. The summed E-state index contributed by atoms with van der Waals surface area (Å²) < 4.78 is 8.88. The first-order valence-corrected chi connectivity index (χ1v) is 20.3. The molecule has 0 radical (unpaired) electrons. The Hall–Kier alpha value is -7.41. The average Bonchev–Trinajstić information content (AvgIpc) is 3.88. The molecule has 0 aliphatic carbocycles. The molecule has 0 amide bonds. The summed E-state index contributed by atoms with van der Waals surface area (Å²) in [5.74, 6) is 1.45. The molecule has 1 unspecified atom stereocenters. The van der Waals surface area contributed by atoms with Crippen molar-refractivity contribution in [1.82, 2.24) is 10.3 Å². The van der Waals surface area contributed by atoms with Gasteiger partial charge in [0.25, 0.3) is 0 Å². The molecule has 1 N–H and O–H groups in total. The number of hydrogen-bond donors (Lipinski definition) is 1. The molecule has 8 aromatic carbocycles. The number of aromatic nitrogens is 1. The van der Waals surface area contributed by atoms with E-state index in [1.807, 2.05) is 41.7 Å². The first kappa shape index (κ1) is 32.8. The molecule has 1 aliphatic rings. The predicted molar refractivity (Wildman–Crippen MR) is 242 cm³/mol. The molecule has 12 rings (SSSR count). The van der Waals surface area contributed by atoms with Crippen molar-refractivity contribution in [3.05, 3.63) is 199 Å². The van der Waals surface area contributed by atoms with Crippen LogP contribution < -0.4 is 5.32 Å². The van der Waals surface area contributed by atoms with Gasteiger partial charge in [0, 0.05) is 53.9 Å². The van der Waals surface area contributed by atoms with Crippen LogP contribution >= 0.6 is 11.3 Å². The Balaban J connectivity index is 0.949.